The minimum absolute atomic E-state index is 0.0573. The fourth-order valence-corrected chi connectivity index (χ4v) is 9.56. The number of Topliss-reactive ketones (excluding diaryl/α,β-unsaturated/α-hetero) is 1. The summed E-state index contributed by atoms with van der Waals surface area (Å²) in [6.45, 7) is 11.9. The lowest BCUT2D eigenvalue weighted by Crippen LogP contribution is -2.55. The maximum Gasteiger partial charge on any atom is 0.158 e. The Morgan fingerprint density at radius 3 is 2.62 bits per heavy atom. The molecule has 5 rings (SSSR count). The van der Waals surface area contributed by atoms with Crippen molar-refractivity contribution in [3.05, 3.63) is 18.0 Å². The molecule has 1 heterocycles. The van der Waals surface area contributed by atoms with Crippen LogP contribution in [0.3, 0.4) is 0 Å². The Morgan fingerprint density at radius 1 is 1.18 bits per heavy atom. The Hall–Kier alpha value is -1.67. The Kier molecular flexibility index (Phi) is 5.79. The molecule has 1 aromatic heterocycles. The predicted molar refractivity (Wildman–Crippen MR) is 132 cm³/mol. The van der Waals surface area contributed by atoms with Crippen molar-refractivity contribution < 1.29 is 9.90 Å². The number of aromatic nitrogens is 2. The Balaban J connectivity index is 1.42. The average Bonchev–Trinajstić information content (AvgIpc) is 3.35. The molecule has 0 bridgehead atoms. The van der Waals surface area contributed by atoms with Gasteiger partial charge in [0.1, 0.15) is 6.07 Å². The molecular formula is C29H43N3O2. The van der Waals surface area contributed by atoms with Gasteiger partial charge in [0.2, 0.25) is 0 Å². The Morgan fingerprint density at radius 2 is 1.94 bits per heavy atom. The van der Waals surface area contributed by atoms with Gasteiger partial charge in [-0.15, -0.1) is 0 Å². The first-order valence-electron chi connectivity index (χ1n) is 13.7. The van der Waals surface area contributed by atoms with Crippen molar-refractivity contribution in [1.29, 1.82) is 5.26 Å². The lowest BCUT2D eigenvalue weighted by molar-refractivity contribution is -0.151. The first-order chi connectivity index (χ1) is 16.0. The van der Waals surface area contributed by atoms with Gasteiger partial charge in [-0.1, -0.05) is 27.7 Å². The van der Waals surface area contributed by atoms with Crippen LogP contribution in [0.4, 0.5) is 0 Å². The van der Waals surface area contributed by atoms with Crippen LogP contribution < -0.4 is 0 Å². The molecule has 0 aliphatic heterocycles. The molecule has 0 aromatic carbocycles. The van der Waals surface area contributed by atoms with E-state index in [2.05, 4.69) is 38.9 Å². The number of nitriles is 1. The van der Waals surface area contributed by atoms with Gasteiger partial charge in [0.15, 0.2) is 5.78 Å². The molecule has 4 aliphatic carbocycles. The zero-order valence-corrected chi connectivity index (χ0v) is 21.8. The highest BCUT2D eigenvalue weighted by Gasteiger charge is 2.64. The van der Waals surface area contributed by atoms with Gasteiger partial charge in [0.25, 0.3) is 0 Å². The van der Waals surface area contributed by atoms with E-state index in [4.69, 9.17) is 5.26 Å². The highest BCUT2D eigenvalue weighted by atomic mass is 16.3. The fraction of sp³-hybridized carbons (Fsp3) is 0.828. The van der Waals surface area contributed by atoms with E-state index in [0.717, 1.165) is 31.6 Å². The molecule has 0 saturated heterocycles. The van der Waals surface area contributed by atoms with Gasteiger partial charge in [-0.25, -0.2) is 0 Å². The van der Waals surface area contributed by atoms with E-state index in [1.807, 2.05) is 6.92 Å². The van der Waals surface area contributed by atoms with Crippen LogP contribution in [0.15, 0.2) is 12.4 Å². The molecular weight excluding hydrogens is 422 g/mol. The molecule has 1 N–H and O–H groups in total. The second kappa shape index (κ2) is 8.19. The minimum Gasteiger partial charge on any atom is -0.390 e. The molecule has 1 unspecified atom stereocenters. The zero-order chi connectivity index (χ0) is 24.5. The lowest BCUT2D eigenvalue weighted by atomic mass is 9.44. The smallest absolute Gasteiger partial charge is 0.158 e. The zero-order valence-electron chi connectivity index (χ0n) is 21.8. The summed E-state index contributed by atoms with van der Waals surface area (Å²) in [5.74, 6) is 3.97. The van der Waals surface area contributed by atoms with Crippen molar-refractivity contribution in [1.82, 2.24) is 9.78 Å². The van der Waals surface area contributed by atoms with Crippen molar-refractivity contribution in [3.8, 4) is 6.07 Å². The van der Waals surface area contributed by atoms with Crippen LogP contribution in [0.2, 0.25) is 0 Å². The number of aliphatic hydroxyl groups is 1. The molecule has 186 valence electrons. The molecule has 1 aromatic rings. The van der Waals surface area contributed by atoms with Gasteiger partial charge >= 0.3 is 0 Å². The maximum atomic E-state index is 13.8. The van der Waals surface area contributed by atoms with Crippen molar-refractivity contribution in [2.45, 2.75) is 98.1 Å². The average molecular weight is 466 g/mol. The summed E-state index contributed by atoms with van der Waals surface area (Å²) in [6.07, 6.45) is 12.3. The number of hydrogen-bond acceptors (Lipinski definition) is 4. The van der Waals surface area contributed by atoms with Crippen LogP contribution >= 0.6 is 0 Å². The number of carbonyl (C=O) groups is 1. The van der Waals surface area contributed by atoms with Crippen LogP contribution in [0.1, 0.15) is 91.5 Å². The summed E-state index contributed by atoms with van der Waals surface area (Å²) in [5.41, 5.74) is 0.415. The fourth-order valence-electron chi connectivity index (χ4n) is 9.56. The molecule has 5 nitrogen and oxygen atoms in total. The second-order valence-electron chi connectivity index (χ2n) is 13.5. The van der Waals surface area contributed by atoms with E-state index in [1.54, 1.807) is 17.1 Å². The first kappa shape index (κ1) is 24.0. The van der Waals surface area contributed by atoms with E-state index in [-0.39, 0.29) is 17.9 Å². The normalized spacial score (nSPS) is 45.8. The highest BCUT2D eigenvalue weighted by molar-refractivity contribution is 5.82. The molecule has 5 heteroatoms. The van der Waals surface area contributed by atoms with E-state index in [1.165, 1.54) is 25.7 Å². The van der Waals surface area contributed by atoms with E-state index >= 15 is 0 Å². The summed E-state index contributed by atoms with van der Waals surface area (Å²) in [6, 6.07) is 2.12. The van der Waals surface area contributed by atoms with Crippen molar-refractivity contribution in [3.63, 3.8) is 0 Å². The summed E-state index contributed by atoms with van der Waals surface area (Å²) in [5, 5.41) is 24.2. The quantitative estimate of drug-likeness (QED) is 0.626. The largest absolute Gasteiger partial charge is 0.390 e. The molecule has 0 radical (unpaired) electrons. The monoisotopic (exact) mass is 465 g/mol. The van der Waals surface area contributed by atoms with E-state index in [9.17, 15) is 9.90 Å². The predicted octanol–water partition coefficient (Wildman–Crippen LogP) is 5.62. The van der Waals surface area contributed by atoms with Crippen LogP contribution in [0.25, 0.3) is 0 Å². The van der Waals surface area contributed by atoms with Crippen LogP contribution in [-0.2, 0) is 11.3 Å². The second-order valence-corrected chi connectivity index (χ2v) is 13.5. The van der Waals surface area contributed by atoms with Crippen molar-refractivity contribution >= 4 is 5.78 Å². The standard InChI is InChI=1S/C29H43N3O2/c1-18(2)22-12-24-21-7-6-20-13-27(3,34)10-11-28(20,4)23(21)8-9-29(24,5)26(22)25(33)17-32-16-19(14-30)15-31-32/h15-16,18,20-24,26,34H,6-13,17H2,1-5H3/t20-,21+,22-,23-,24-,26?,27+,28-,29-/m0/s1. The van der Waals surface area contributed by atoms with Crippen LogP contribution in [-0.4, -0.2) is 26.3 Å². The van der Waals surface area contributed by atoms with Gasteiger partial charge < -0.3 is 5.11 Å². The number of ketones is 1. The molecule has 4 fully saturated rings. The summed E-state index contributed by atoms with van der Waals surface area (Å²) < 4.78 is 1.67. The van der Waals surface area contributed by atoms with Gasteiger partial charge in [-0.3, -0.25) is 9.48 Å². The third-order valence-electron chi connectivity index (χ3n) is 11.3. The Bertz CT molecular complexity index is 990. The first-order valence-corrected chi connectivity index (χ1v) is 13.7. The van der Waals surface area contributed by atoms with Crippen molar-refractivity contribution in [2.75, 3.05) is 0 Å². The number of fused-ring (bicyclic) bond motifs is 5. The maximum absolute atomic E-state index is 13.8. The SMILES string of the molecule is CC(C)[C@@H]1C[C@H]2[C@@H]3CC[C@H]4C[C@](C)(O)CC[C@]4(C)[C@H]3CC[C@]2(C)C1C(=O)Cn1cc(C#N)cn1. The third kappa shape index (κ3) is 3.67. The highest BCUT2D eigenvalue weighted by Crippen LogP contribution is 2.69. The van der Waals surface area contributed by atoms with Gasteiger partial charge in [0.05, 0.1) is 23.9 Å². The Labute approximate surface area is 205 Å². The summed E-state index contributed by atoms with van der Waals surface area (Å²) in [4.78, 5) is 13.8. The van der Waals surface area contributed by atoms with E-state index in [0.29, 0.717) is 46.4 Å². The lowest BCUT2D eigenvalue weighted by Gasteiger charge is -2.61. The topological polar surface area (TPSA) is 78.9 Å². The molecule has 4 saturated carbocycles. The minimum atomic E-state index is -0.494. The summed E-state index contributed by atoms with van der Waals surface area (Å²) >= 11 is 0. The summed E-state index contributed by atoms with van der Waals surface area (Å²) in [7, 11) is 0. The number of hydrogen-bond donors (Lipinski definition) is 1. The molecule has 9 atom stereocenters. The van der Waals surface area contributed by atoms with Gasteiger partial charge in [-0.2, -0.15) is 10.4 Å². The molecule has 4 aliphatic rings. The third-order valence-corrected chi connectivity index (χ3v) is 11.3. The number of nitrogens with zero attached hydrogens (tertiary/aromatic N) is 3. The van der Waals surface area contributed by atoms with Gasteiger partial charge in [-0.05, 0) is 105 Å². The number of carbonyl (C=O) groups excluding carboxylic acids is 1. The van der Waals surface area contributed by atoms with Gasteiger partial charge in [0, 0.05) is 12.1 Å². The molecule has 0 spiro atoms. The molecule has 0 amide bonds. The number of rotatable bonds is 4. The van der Waals surface area contributed by atoms with E-state index < -0.39 is 5.60 Å². The van der Waals surface area contributed by atoms with Crippen LogP contribution in [0, 0.1) is 63.6 Å². The molecule has 34 heavy (non-hydrogen) atoms. The van der Waals surface area contributed by atoms with Crippen LogP contribution in [0.5, 0.6) is 0 Å². The van der Waals surface area contributed by atoms with Crippen molar-refractivity contribution in [2.24, 2.45) is 52.3 Å².